The molecule has 0 heterocycles. The molecule has 0 N–H and O–H groups in total. The lowest BCUT2D eigenvalue weighted by Crippen LogP contribution is -2.40. The zero-order chi connectivity index (χ0) is 11.7. The molecule has 0 amide bonds. The van der Waals surface area contributed by atoms with Crippen LogP contribution in [-0.4, -0.2) is 58.8 Å². The summed E-state index contributed by atoms with van der Waals surface area (Å²) in [5.41, 5.74) is 0. The highest BCUT2D eigenvalue weighted by molar-refractivity contribution is 6.58. The number of hydrogen-bond donors (Lipinski definition) is 0. The maximum absolute atomic E-state index is 12.2. The molecule has 0 aromatic rings. The normalized spacial score (nSPS) is 12.4. The molecule has 0 aliphatic heterocycles. The van der Waals surface area contributed by atoms with E-state index in [9.17, 15) is 12.9 Å². The van der Waals surface area contributed by atoms with E-state index in [1.54, 1.807) is 0 Å². The van der Waals surface area contributed by atoms with Crippen LogP contribution in [0.25, 0.3) is 0 Å². The molecule has 0 atom stereocenters. The van der Waals surface area contributed by atoms with E-state index in [4.69, 9.17) is 9.47 Å². The zero-order valence-corrected chi connectivity index (χ0v) is 9.22. The van der Waals surface area contributed by atoms with Gasteiger partial charge in [0.2, 0.25) is 0 Å². The van der Waals surface area contributed by atoms with Gasteiger partial charge in [0, 0.05) is 27.4 Å². The van der Waals surface area contributed by atoms with Gasteiger partial charge in [-0.1, -0.05) is 0 Å². The predicted molar refractivity (Wildman–Crippen MR) is 53.9 cm³/mol. The molecule has 0 spiro atoms. The van der Waals surface area contributed by atoms with Crippen LogP contribution in [0.2, 0.25) is 0 Å². The Hall–Kier alpha value is -0.265. The highest BCUT2D eigenvalue weighted by Crippen LogP contribution is 2.10. The first kappa shape index (κ1) is 14.7. The third-order valence-electron chi connectivity index (χ3n) is 1.90. The fourth-order valence-electron chi connectivity index (χ4n) is 1.24. The van der Waals surface area contributed by atoms with Gasteiger partial charge >= 0.3 is 6.98 Å². The van der Waals surface area contributed by atoms with E-state index < -0.39 is 13.4 Å². The van der Waals surface area contributed by atoms with Crippen LogP contribution in [0.4, 0.5) is 12.9 Å². The Morgan fingerprint density at radius 1 is 1.00 bits per heavy atom. The van der Waals surface area contributed by atoms with Crippen molar-refractivity contribution in [2.24, 2.45) is 0 Å². The summed E-state index contributed by atoms with van der Waals surface area (Å²) in [4.78, 5) is 1.35. The fourth-order valence-corrected chi connectivity index (χ4v) is 1.24. The van der Waals surface area contributed by atoms with Gasteiger partial charge in [0.15, 0.2) is 0 Å². The molecule has 0 aliphatic carbocycles. The summed E-state index contributed by atoms with van der Waals surface area (Å²) in [6.07, 6.45) is -0.223. The highest BCUT2D eigenvalue weighted by Gasteiger charge is 2.25. The lowest BCUT2D eigenvalue weighted by molar-refractivity contribution is 0.137. The average Bonchev–Trinajstić information content (AvgIpc) is 2.12. The van der Waals surface area contributed by atoms with Crippen molar-refractivity contribution >= 4 is 6.98 Å². The van der Waals surface area contributed by atoms with E-state index >= 15 is 0 Å². The van der Waals surface area contributed by atoms with Gasteiger partial charge in [0.05, 0.1) is 6.61 Å². The number of methoxy groups -OCH3 is 2. The van der Waals surface area contributed by atoms with Gasteiger partial charge in [-0.15, -0.1) is 0 Å². The smallest absolute Gasteiger partial charge is 0.448 e. The minimum absolute atomic E-state index is 0.307. The monoisotopic (exact) mass is 228 g/mol. The lowest BCUT2D eigenvalue weighted by atomic mass is 9.91. The topological polar surface area (TPSA) is 21.7 Å². The van der Waals surface area contributed by atoms with E-state index in [2.05, 4.69) is 0 Å². The van der Waals surface area contributed by atoms with Gasteiger partial charge in [-0.3, -0.25) is 0 Å². The third-order valence-corrected chi connectivity index (χ3v) is 1.90. The molecule has 15 heavy (non-hydrogen) atoms. The molecule has 0 unspecified atom stereocenters. The van der Waals surface area contributed by atoms with Crippen molar-refractivity contribution < 1.29 is 22.4 Å². The van der Waals surface area contributed by atoms with Crippen molar-refractivity contribution in [3.05, 3.63) is 0 Å². The quantitative estimate of drug-likeness (QED) is 0.439. The zero-order valence-electron chi connectivity index (χ0n) is 9.22. The standard InChI is InChI=1S/C8H18BF3NO2/c1-14-6-3-4-13(5-7-15-2)8-9(10,11)12/h3-8H2,1-2H3/q-1. The molecule has 0 saturated carbocycles. The molecule has 0 fully saturated rings. The molecule has 92 valence electrons. The molecule has 0 aliphatic rings. The molecule has 0 rings (SSSR count). The molecule has 0 radical (unpaired) electrons. The minimum Gasteiger partial charge on any atom is -0.448 e. The maximum Gasteiger partial charge on any atom is 0.492 e. The van der Waals surface area contributed by atoms with Crippen LogP contribution < -0.4 is 0 Å². The van der Waals surface area contributed by atoms with Gasteiger partial charge < -0.3 is 27.3 Å². The molecule has 0 saturated heterocycles. The van der Waals surface area contributed by atoms with E-state index in [0.29, 0.717) is 32.7 Å². The Morgan fingerprint density at radius 3 is 2.07 bits per heavy atom. The van der Waals surface area contributed by atoms with Gasteiger partial charge in [-0.25, -0.2) is 0 Å². The van der Waals surface area contributed by atoms with Crippen molar-refractivity contribution in [1.29, 1.82) is 0 Å². The molecule has 3 nitrogen and oxygen atoms in total. The van der Waals surface area contributed by atoms with Crippen molar-refractivity contribution in [2.75, 3.05) is 47.0 Å². The maximum atomic E-state index is 12.2. The summed E-state index contributed by atoms with van der Waals surface area (Å²) in [5, 5.41) is 0. The van der Waals surface area contributed by atoms with Crippen molar-refractivity contribution in [3.8, 4) is 0 Å². The predicted octanol–water partition coefficient (Wildman–Crippen LogP) is 1.36. The van der Waals surface area contributed by atoms with Crippen LogP contribution in [0.15, 0.2) is 0 Å². The summed E-state index contributed by atoms with van der Waals surface area (Å²) in [6, 6.07) is 0. The van der Waals surface area contributed by atoms with Crippen molar-refractivity contribution in [3.63, 3.8) is 0 Å². The first-order valence-corrected chi connectivity index (χ1v) is 4.91. The lowest BCUT2D eigenvalue weighted by Gasteiger charge is -2.27. The van der Waals surface area contributed by atoms with Gasteiger partial charge in [-0.05, 0) is 19.4 Å². The number of nitrogens with zero attached hydrogens (tertiary/aromatic N) is 1. The second kappa shape index (κ2) is 7.95. The van der Waals surface area contributed by atoms with Crippen LogP contribution in [0.1, 0.15) is 6.42 Å². The van der Waals surface area contributed by atoms with Crippen LogP contribution in [0.5, 0.6) is 0 Å². The van der Waals surface area contributed by atoms with Gasteiger partial charge in [-0.2, -0.15) is 0 Å². The van der Waals surface area contributed by atoms with E-state index in [1.165, 1.54) is 19.1 Å². The molecule has 0 bridgehead atoms. The summed E-state index contributed by atoms with van der Waals surface area (Å²) in [5.74, 6) is 0. The van der Waals surface area contributed by atoms with E-state index in [1.807, 2.05) is 0 Å². The number of hydrogen-bond acceptors (Lipinski definition) is 3. The SMILES string of the molecule is COCCCN(CCOC)C[B-](F)(F)F. The fraction of sp³-hybridized carbons (Fsp3) is 1.00. The van der Waals surface area contributed by atoms with Crippen molar-refractivity contribution in [1.82, 2.24) is 4.90 Å². The van der Waals surface area contributed by atoms with Crippen LogP contribution in [0.3, 0.4) is 0 Å². The largest absolute Gasteiger partial charge is 0.492 e. The number of ether oxygens (including phenoxy) is 2. The third kappa shape index (κ3) is 10.0. The number of halogens is 3. The van der Waals surface area contributed by atoms with Gasteiger partial charge in [0.1, 0.15) is 0 Å². The van der Waals surface area contributed by atoms with Gasteiger partial charge in [0.25, 0.3) is 0 Å². The Bertz CT molecular complexity index is 157. The van der Waals surface area contributed by atoms with E-state index in [0.717, 1.165) is 0 Å². The molecule has 7 heteroatoms. The highest BCUT2D eigenvalue weighted by atomic mass is 19.4. The summed E-state index contributed by atoms with van der Waals surface area (Å²) < 4.78 is 46.1. The first-order valence-electron chi connectivity index (χ1n) is 4.91. The second-order valence-electron chi connectivity index (χ2n) is 3.35. The second-order valence-corrected chi connectivity index (χ2v) is 3.35. The van der Waals surface area contributed by atoms with Crippen LogP contribution in [-0.2, 0) is 9.47 Å². The first-order chi connectivity index (χ1) is 6.99. The Morgan fingerprint density at radius 2 is 1.60 bits per heavy atom. The van der Waals surface area contributed by atoms with Crippen molar-refractivity contribution in [2.45, 2.75) is 6.42 Å². The summed E-state index contributed by atoms with van der Waals surface area (Å²) in [7, 11) is 3.01. The van der Waals surface area contributed by atoms with Crippen LogP contribution in [0, 0.1) is 0 Å². The molecular formula is C8H18BF3NO2-. The van der Waals surface area contributed by atoms with Crippen LogP contribution >= 0.6 is 0 Å². The Kier molecular flexibility index (Phi) is 7.81. The molecular weight excluding hydrogens is 210 g/mol. The molecule has 0 aromatic heterocycles. The molecule has 0 aromatic carbocycles. The summed E-state index contributed by atoms with van der Waals surface area (Å²) in [6.45, 7) is -3.27. The average molecular weight is 228 g/mol. The number of rotatable bonds is 9. The summed E-state index contributed by atoms with van der Waals surface area (Å²) >= 11 is 0. The Labute approximate surface area is 88.6 Å². The Balaban J connectivity index is 3.84. The van der Waals surface area contributed by atoms with E-state index in [-0.39, 0.29) is 0 Å². The minimum atomic E-state index is -4.76.